The van der Waals surface area contributed by atoms with E-state index in [0.717, 1.165) is 31.7 Å². The Kier molecular flexibility index (Phi) is 4.15. The Hall–Kier alpha value is -2.47. The van der Waals surface area contributed by atoms with Crippen LogP contribution in [0.4, 0.5) is 10.2 Å². The third kappa shape index (κ3) is 2.74. The second-order valence-electron chi connectivity index (χ2n) is 6.56. The monoisotopic (exact) mass is 372 g/mol. The van der Waals surface area contributed by atoms with Crippen LogP contribution in [0.3, 0.4) is 0 Å². The lowest BCUT2D eigenvalue weighted by atomic mass is 10.1. The van der Waals surface area contributed by atoms with Crippen molar-refractivity contribution in [1.82, 2.24) is 14.5 Å². The van der Waals surface area contributed by atoms with Crippen LogP contribution in [-0.2, 0) is 7.05 Å². The van der Waals surface area contributed by atoms with Crippen molar-refractivity contribution in [1.29, 1.82) is 0 Å². The van der Waals surface area contributed by atoms with Gasteiger partial charge >= 0.3 is 0 Å². The van der Waals surface area contributed by atoms with Crippen LogP contribution in [0.25, 0.3) is 22.2 Å². The van der Waals surface area contributed by atoms with Gasteiger partial charge in [0.2, 0.25) is 0 Å². The van der Waals surface area contributed by atoms with E-state index in [0.29, 0.717) is 27.4 Å². The second kappa shape index (κ2) is 6.36. The Morgan fingerprint density at radius 2 is 1.88 bits per heavy atom. The first-order chi connectivity index (χ1) is 12.5. The van der Waals surface area contributed by atoms with Gasteiger partial charge in [0.1, 0.15) is 17.5 Å². The standard InChI is InChI=1S/C19H18ClFN4O/c1-11-22-15-10-16(25-7-3-4-8-25)23-18(17(15)19(26)24(11)2)13-6-5-12(20)9-14(13)21/h5-6,9-10H,3-4,7-8H2,1-2H3. The summed E-state index contributed by atoms with van der Waals surface area (Å²) in [5.74, 6) is 0.815. The molecule has 134 valence electrons. The average molecular weight is 373 g/mol. The van der Waals surface area contributed by atoms with Crippen molar-refractivity contribution >= 4 is 28.3 Å². The quantitative estimate of drug-likeness (QED) is 0.688. The van der Waals surface area contributed by atoms with Crippen LogP contribution in [0.15, 0.2) is 29.1 Å². The molecule has 0 bridgehead atoms. The maximum absolute atomic E-state index is 14.6. The summed E-state index contributed by atoms with van der Waals surface area (Å²) in [4.78, 5) is 24.2. The Morgan fingerprint density at radius 3 is 2.58 bits per heavy atom. The van der Waals surface area contributed by atoms with Crippen LogP contribution >= 0.6 is 11.6 Å². The molecule has 5 nitrogen and oxygen atoms in total. The average Bonchev–Trinajstić information content (AvgIpc) is 3.13. The maximum atomic E-state index is 14.6. The lowest BCUT2D eigenvalue weighted by Gasteiger charge is -2.19. The summed E-state index contributed by atoms with van der Waals surface area (Å²) in [6.07, 6.45) is 2.18. The Morgan fingerprint density at radius 1 is 1.15 bits per heavy atom. The molecule has 0 unspecified atom stereocenters. The summed E-state index contributed by atoms with van der Waals surface area (Å²) in [5.41, 5.74) is 0.860. The minimum atomic E-state index is -0.507. The van der Waals surface area contributed by atoms with Crippen molar-refractivity contribution in [3.63, 3.8) is 0 Å². The first-order valence-corrected chi connectivity index (χ1v) is 8.92. The number of hydrogen-bond acceptors (Lipinski definition) is 4. The van der Waals surface area contributed by atoms with Gasteiger partial charge in [-0.05, 0) is 38.0 Å². The molecule has 7 heteroatoms. The molecular weight excluding hydrogens is 355 g/mol. The van der Waals surface area contributed by atoms with Crippen LogP contribution < -0.4 is 10.5 Å². The van der Waals surface area contributed by atoms with Gasteiger partial charge in [0.05, 0.1) is 16.6 Å². The summed E-state index contributed by atoms with van der Waals surface area (Å²) in [7, 11) is 1.65. The highest BCUT2D eigenvalue weighted by atomic mass is 35.5. The van der Waals surface area contributed by atoms with Gasteiger partial charge in [-0.25, -0.2) is 14.4 Å². The largest absolute Gasteiger partial charge is 0.357 e. The summed E-state index contributed by atoms with van der Waals surface area (Å²) in [5, 5.41) is 0.621. The zero-order valence-electron chi connectivity index (χ0n) is 14.6. The van der Waals surface area contributed by atoms with Crippen LogP contribution in [0.2, 0.25) is 5.02 Å². The van der Waals surface area contributed by atoms with Crippen molar-refractivity contribution in [2.75, 3.05) is 18.0 Å². The molecule has 1 aliphatic heterocycles. The van der Waals surface area contributed by atoms with E-state index in [1.807, 2.05) is 6.07 Å². The fourth-order valence-corrected chi connectivity index (χ4v) is 3.52. The number of halogens is 2. The summed E-state index contributed by atoms with van der Waals surface area (Å²) >= 11 is 5.89. The smallest absolute Gasteiger partial charge is 0.263 e. The zero-order valence-corrected chi connectivity index (χ0v) is 15.3. The minimum Gasteiger partial charge on any atom is -0.357 e. The third-order valence-electron chi connectivity index (χ3n) is 4.89. The van der Waals surface area contributed by atoms with Gasteiger partial charge < -0.3 is 4.90 Å². The fourth-order valence-electron chi connectivity index (χ4n) is 3.37. The van der Waals surface area contributed by atoms with Crippen molar-refractivity contribution in [3.8, 4) is 11.3 Å². The van der Waals surface area contributed by atoms with E-state index in [9.17, 15) is 9.18 Å². The van der Waals surface area contributed by atoms with Gasteiger partial charge in [-0.3, -0.25) is 9.36 Å². The number of anilines is 1. The molecule has 4 rings (SSSR count). The highest BCUT2D eigenvalue weighted by molar-refractivity contribution is 6.30. The number of aryl methyl sites for hydroxylation is 1. The fraction of sp³-hybridized carbons (Fsp3) is 0.316. The topological polar surface area (TPSA) is 51.0 Å². The molecule has 0 radical (unpaired) electrons. The van der Waals surface area contributed by atoms with Crippen LogP contribution in [-0.4, -0.2) is 27.6 Å². The molecule has 0 N–H and O–H groups in total. The lowest BCUT2D eigenvalue weighted by molar-refractivity contribution is 0.631. The maximum Gasteiger partial charge on any atom is 0.263 e. The normalized spacial score (nSPS) is 14.4. The Labute approximate surface area is 155 Å². The lowest BCUT2D eigenvalue weighted by Crippen LogP contribution is -2.23. The molecule has 2 aromatic heterocycles. The second-order valence-corrected chi connectivity index (χ2v) is 7.00. The number of pyridine rings is 1. The number of hydrogen-bond donors (Lipinski definition) is 0. The van der Waals surface area contributed by atoms with Gasteiger partial charge in [-0.2, -0.15) is 0 Å². The van der Waals surface area contributed by atoms with Gasteiger partial charge in [0, 0.05) is 36.8 Å². The first-order valence-electron chi connectivity index (χ1n) is 8.54. The van der Waals surface area contributed by atoms with Crippen molar-refractivity contribution in [2.24, 2.45) is 7.05 Å². The van der Waals surface area contributed by atoms with Crippen LogP contribution in [0.5, 0.6) is 0 Å². The number of fused-ring (bicyclic) bond motifs is 1. The molecule has 1 aromatic carbocycles. The molecule has 26 heavy (non-hydrogen) atoms. The number of benzene rings is 1. The molecule has 1 saturated heterocycles. The SMILES string of the molecule is Cc1nc2cc(N3CCCC3)nc(-c3ccc(Cl)cc3F)c2c(=O)n1C. The Bertz CT molecular complexity index is 1070. The molecular formula is C19H18ClFN4O. The molecule has 0 atom stereocenters. The molecule has 0 saturated carbocycles. The number of aromatic nitrogens is 3. The van der Waals surface area contributed by atoms with Gasteiger partial charge in [-0.15, -0.1) is 0 Å². The van der Waals surface area contributed by atoms with E-state index in [-0.39, 0.29) is 11.1 Å². The molecule has 0 aliphatic carbocycles. The van der Waals surface area contributed by atoms with E-state index < -0.39 is 5.82 Å². The van der Waals surface area contributed by atoms with Gasteiger partial charge in [0.25, 0.3) is 5.56 Å². The number of nitrogens with zero attached hydrogens (tertiary/aromatic N) is 4. The minimum absolute atomic E-state index is 0.239. The van der Waals surface area contributed by atoms with E-state index in [2.05, 4.69) is 14.9 Å². The Balaban J connectivity index is 2.08. The van der Waals surface area contributed by atoms with E-state index in [1.165, 1.54) is 10.6 Å². The zero-order chi connectivity index (χ0) is 18.4. The third-order valence-corrected chi connectivity index (χ3v) is 5.12. The molecule has 0 spiro atoms. The van der Waals surface area contributed by atoms with Crippen LogP contribution in [0.1, 0.15) is 18.7 Å². The molecule has 0 amide bonds. The molecule has 3 heterocycles. The van der Waals surface area contributed by atoms with Gasteiger partial charge in [0.15, 0.2) is 0 Å². The number of rotatable bonds is 2. The van der Waals surface area contributed by atoms with E-state index in [4.69, 9.17) is 11.6 Å². The van der Waals surface area contributed by atoms with E-state index >= 15 is 0 Å². The molecule has 1 aliphatic rings. The highest BCUT2D eigenvalue weighted by Crippen LogP contribution is 2.31. The predicted octanol–water partition coefficient (Wildman–Crippen LogP) is 3.70. The van der Waals surface area contributed by atoms with Crippen molar-refractivity contribution < 1.29 is 4.39 Å². The summed E-state index contributed by atoms with van der Waals surface area (Å²) < 4.78 is 16.1. The van der Waals surface area contributed by atoms with Crippen molar-refractivity contribution in [3.05, 3.63) is 51.3 Å². The van der Waals surface area contributed by atoms with Crippen LogP contribution in [0, 0.1) is 12.7 Å². The van der Waals surface area contributed by atoms with Gasteiger partial charge in [-0.1, -0.05) is 11.6 Å². The van der Waals surface area contributed by atoms with Crippen molar-refractivity contribution in [2.45, 2.75) is 19.8 Å². The molecule has 1 fully saturated rings. The highest BCUT2D eigenvalue weighted by Gasteiger charge is 2.21. The summed E-state index contributed by atoms with van der Waals surface area (Å²) in [6.45, 7) is 3.56. The predicted molar refractivity (Wildman–Crippen MR) is 101 cm³/mol. The molecule has 3 aromatic rings. The van der Waals surface area contributed by atoms with E-state index in [1.54, 1.807) is 26.1 Å². The summed E-state index contributed by atoms with van der Waals surface area (Å²) in [6, 6.07) is 6.22. The first kappa shape index (κ1) is 17.0.